The zero-order valence-electron chi connectivity index (χ0n) is 10.6. The quantitative estimate of drug-likeness (QED) is 0.895. The third kappa shape index (κ3) is 2.78. The molecule has 94 valence electrons. The van der Waals surface area contributed by atoms with Crippen molar-refractivity contribution in [1.82, 2.24) is 4.98 Å². The third-order valence-electron chi connectivity index (χ3n) is 2.60. The first kappa shape index (κ1) is 12.4. The van der Waals surface area contributed by atoms with Gasteiger partial charge in [0.05, 0.1) is 5.69 Å². The van der Waals surface area contributed by atoms with Gasteiger partial charge in [0.2, 0.25) is 0 Å². The van der Waals surface area contributed by atoms with Crippen molar-refractivity contribution in [3.63, 3.8) is 0 Å². The molecule has 0 aliphatic rings. The maximum atomic E-state index is 5.82. The van der Waals surface area contributed by atoms with Gasteiger partial charge in [-0.05, 0) is 24.3 Å². The fourth-order valence-electron chi connectivity index (χ4n) is 1.62. The van der Waals surface area contributed by atoms with E-state index in [-0.39, 0.29) is 0 Å². The zero-order valence-corrected chi connectivity index (χ0v) is 10.6. The molecule has 0 radical (unpaired) electrons. The molecule has 2 rings (SSSR count). The number of rotatable bonds is 4. The van der Waals surface area contributed by atoms with E-state index in [1.165, 1.54) is 0 Å². The van der Waals surface area contributed by atoms with Crippen LogP contribution in [0.5, 0.6) is 11.5 Å². The summed E-state index contributed by atoms with van der Waals surface area (Å²) < 4.78 is 5.82. The summed E-state index contributed by atoms with van der Waals surface area (Å²) in [4.78, 5) is 6.22. The van der Waals surface area contributed by atoms with Crippen molar-refractivity contribution >= 4 is 5.69 Å². The van der Waals surface area contributed by atoms with Gasteiger partial charge in [0, 0.05) is 38.6 Å². The number of hydrogen-bond acceptors (Lipinski definition) is 4. The second-order valence-corrected chi connectivity index (χ2v) is 4.15. The zero-order chi connectivity index (χ0) is 13.0. The minimum absolute atomic E-state index is 0.365. The molecule has 2 N–H and O–H groups in total. The van der Waals surface area contributed by atoms with E-state index in [9.17, 15) is 0 Å². The Morgan fingerprint density at radius 2 is 2.06 bits per heavy atom. The molecule has 2 aromatic rings. The van der Waals surface area contributed by atoms with E-state index in [0.29, 0.717) is 12.3 Å². The van der Waals surface area contributed by atoms with Crippen LogP contribution in [0.4, 0.5) is 5.69 Å². The highest BCUT2D eigenvalue weighted by Crippen LogP contribution is 2.26. The molecule has 0 amide bonds. The van der Waals surface area contributed by atoms with Gasteiger partial charge in [-0.15, -0.1) is 0 Å². The SMILES string of the molecule is CN(C)c1cccc(Oc2cccnc2CN)c1. The van der Waals surface area contributed by atoms with Crippen LogP contribution in [0.2, 0.25) is 0 Å². The number of nitrogens with two attached hydrogens (primary N) is 1. The first-order valence-electron chi connectivity index (χ1n) is 5.80. The van der Waals surface area contributed by atoms with Gasteiger partial charge in [0.15, 0.2) is 0 Å². The lowest BCUT2D eigenvalue weighted by Gasteiger charge is -2.14. The first-order chi connectivity index (χ1) is 8.70. The predicted molar refractivity (Wildman–Crippen MR) is 73.0 cm³/mol. The van der Waals surface area contributed by atoms with Crippen LogP contribution in [0.1, 0.15) is 5.69 Å². The van der Waals surface area contributed by atoms with E-state index >= 15 is 0 Å². The van der Waals surface area contributed by atoms with Gasteiger partial charge in [0.25, 0.3) is 0 Å². The molecule has 0 aliphatic heterocycles. The summed E-state index contributed by atoms with van der Waals surface area (Å²) in [6, 6.07) is 11.6. The summed E-state index contributed by atoms with van der Waals surface area (Å²) >= 11 is 0. The molecule has 4 heteroatoms. The Kier molecular flexibility index (Phi) is 3.79. The van der Waals surface area contributed by atoms with Gasteiger partial charge in [0.1, 0.15) is 11.5 Å². The molecule has 0 saturated carbocycles. The Balaban J connectivity index is 2.25. The third-order valence-corrected chi connectivity index (χ3v) is 2.60. The monoisotopic (exact) mass is 243 g/mol. The lowest BCUT2D eigenvalue weighted by Crippen LogP contribution is -2.08. The topological polar surface area (TPSA) is 51.4 Å². The fourth-order valence-corrected chi connectivity index (χ4v) is 1.62. The Morgan fingerprint density at radius 3 is 2.78 bits per heavy atom. The molecule has 1 heterocycles. The minimum Gasteiger partial charge on any atom is -0.455 e. The molecule has 1 aromatic heterocycles. The summed E-state index contributed by atoms with van der Waals surface area (Å²) in [5, 5.41) is 0. The number of benzene rings is 1. The van der Waals surface area contributed by atoms with E-state index < -0.39 is 0 Å². The molecule has 0 unspecified atom stereocenters. The summed E-state index contributed by atoms with van der Waals surface area (Å²) in [6.07, 6.45) is 1.71. The lowest BCUT2D eigenvalue weighted by atomic mass is 10.3. The predicted octanol–water partition coefficient (Wildman–Crippen LogP) is 2.40. The van der Waals surface area contributed by atoms with Crippen molar-refractivity contribution in [1.29, 1.82) is 0 Å². The van der Waals surface area contributed by atoms with Crippen LogP contribution in [-0.2, 0) is 6.54 Å². The van der Waals surface area contributed by atoms with Crippen LogP contribution >= 0.6 is 0 Å². The van der Waals surface area contributed by atoms with E-state index in [1.54, 1.807) is 6.20 Å². The summed E-state index contributed by atoms with van der Waals surface area (Å²) in [7, 11) is 3.99. The maximum Gasteiger partial charge on any atom is 0.150 e. The van der Waals surface area contributed by atoms with Crippen LogP contribution in [-0.4, -0.2) is 19.1 Å². The summed E-state index contributed by atoms with van der Waals surface area (Å²) in [5.41, 5.74) is 7.48. The van der Waals surface area contributed by atoms with Crippen molar-refractivity contribution in [2.24, 2.45) is 5.73 Å². The smallest absolute Gasteiger partial charge is 0.150 e. The fraction of sp³-hybridized carbons (Fsp3) is 0.214. The standard InChI is InChI=1S/C14H17N3O/c1-17(2)11-5-3-6-12(9-11)18-14-7-4-8-16-13(14)10-15/h3-9H,10,15H2,1-2H3. The summed E-state index contributed by atoms with van der Waals surface area (Å²) in [5.74, 6) is 1.49. The van der Waals surface area contributed by atoms with Gasteiger partial charge < -0.3 is 15.4 Å². The van der Waals surface area contributed by atoms with Crippen molar-refractivity contribution in [3.05, 3.63) is 48.3 Å². The van der Waals surface area contributed by atoms with Gasteiger partial charge in [-0.2, -0.15) is 0 Å². The molecular formula is C14H17N3O. The second kappa shape index (κ2) is 5.51. The Labute approximate surface area is 107 Å². The van der Waals surface area contributed by atoms with Crippen LogP contribution < -0.4 is 15.4 Å². The van der Waals surface area contributed by atoms with E-state index in [0.717, 1.165) is 17.1 Å². The van der Waals surface area contributed by atoms with Crippen molar-refractivity contribution in [3.8, 4) is 11.5 Å². The van der Waals surface area contributed by atoms with Crippen LogP contribution in [0.3, 0.4) is 0 Å². The molecule has 0 bridgehead atoms. The van der Waals surface area contributed by atoms with Gasteiger partial charge in [-0.3, -0.25) is 4.98 Å². The summed E-state index contributed by atoms with van der Waals surface area (Å²) in [6.45, 7) is 0.365. The minimum atomic E-state index is 0.365. The molecule has 18 heavy (non-hydrogen) atoms. The highest BCUT2D eigenvalue weighted by atomic mass is 16.5. The molecule has 0 fully saturated rings. The van der Waals surface area contributed by atoms with Crippen LogP contribution in [0.15, 0.2) is 42.6 Å². The Bertz CT molecular complexity index is 526. The van der Waals surface area contributed by atoms with Gasteiger partial charge >= 0.3 is 0 Å². The molecule has 0 aliphatic carbocycles. The van der Waals surface area contributed by atoms with Crippen molar-refractivity contribution < 1.29 is 4.74 Å². The maximum absolute atomic E-state index is 5.82. The number of aromatic nitrogens is 1. The number of anilines is 1. The number of pyridine rings is 1. The molecular weight excluding hydrogens is 226 g/mol. The average Bonchev–Trinajstić information content (AvgIpc) is 2.39. The highest BCUT2D eigenvalue weighted by Gasteiger charge is 2.05. The molecule has 0 atom stereocenters. The number of hydrogen-bond donors (Lipinski definition) is 1. The number of ether oxygens (including phenoxy) is 1. The Hall–Kier alpha value is -2.07. The molecule has 4 nitrogen and oxygen atoms in total. The first-order valence-corrected chi connectivity index (χ1v) is 5.80. The van der Waals surface area contributed by atoms with Gasteiger partial charge in [-0.1, -0.05) is 6.07 Å². The average molecular weight is 243 g/mol. The van der Waals surface area contributed by atoms with Crippen molar-refractivity contribution in [2.45, 2.75) is 6.54 Å². The number of nitrogens with zero attached hydrogens (tertiary/aromatic N) is 2. The highest BCUT2D eigenvalue weighted by molar-refractivity contribution is 5.50. The second-order valence-electron chi connectivity index (χ2n) is 4.15. The van der Waals surface area contributed by atoms with Crippen LogP contribution in [0, 0.1) is 0 Å². The van der Waals surface area contributed by atoms with E-state index in [4.69, 9.17) is 10.5 Å². The van der Waals surface area contributed by atoms with Gasteiger partial charge in [-0.25, -0.2) is 0 Å². The van der Waals surface area contributed by atoms with Crippen LogP contribution in [0.25, 0.3) is 0 Å². The lowest BCUT2D eigenvalue weighted by molar-refractivity contribution is 0.473. The largest absolute Gasteiger partial charge is 0.455 e. The normalized spacial score (nSPS) is 10.2. The molecule has 0 spiro atoms. The van der Waals surface area contributed by atoms with Crippen molar-refractivity contribution in [2.75, 3.05) is 19.0 Å². The Morgan fingerprint density at radius 1 is 1.22 bits per heavy atom. The van der Waals surface area contributed by atoms with E-state index in [1.807, 2.05) is 55.4 Å². The molecule has 0 saturated heterocycles. The molecule has 1 aromatic carbocycles. The van der Waals surface area contributed by atoms with E-state index in [2.05, 4.69) is 4.98 Å².